The first-order chi connectivity index (χ1) is 12.5. The fourth-order valence-corrected chi connectivity index (χ4v) is 4.99. The van der Waals surface area contributed by atoms with Crippen LogP contribution < -0.4 is 10.1 Å². The highest BCUT2D eigenvalue weighted by atomic mass is 32.2. The lowest BCUT2D eigenvalue weighted by Crippen LogP contribution is -2.47. The van der Waals surface area contributed by atoms with Crippen LogP contribution in [0.3, 0.4) is 0 Å². The van der Waals surface area contributed by atoms with Crippen LogP contribution in [0.15, 0.2) is 29.2 Å². The van der Waals surface area contributed by atoms with Crippen molar-refractivity contribution in [2.75, 3.05) is 25.2 Å². The van der Waals surface area contributed by atoms with Gasteiger partial charge in [-0.2, -0.15) is 11.8 Å². The van der Waals surface area contributed by atoms with Crippen LogP contribution in [0.5, 0.6) is 5.75 Å². The molecule has 2 fully saturated rings. The first-order valence-corrected chi connectivity index (χ1v) is 10.3. The van der Waals surface area contributed by atoms with Crippen molar-refractivity contribution in [2.45, 2.75) is 12.1 Å². The summed E-state index contributed by atoms with van der Waals surface area (Å²) < 4.78 is 5.47. The Morgan fingerprint density at radius 1 is 1.42 bits per heavy atom. The van der Waals surface area contributed by atoms with Gasteiger partial charge in [0.25, 0.3) is 5.91 Å². The fraction of sp³-hybridized carbons (Fsp3) is 0.353. The Kier molecular flexibility index (Phi) is 6.23. The summed E-state index contributed by atoms with van der Waals surface area (Å²) in [5.74, 6) is 1.41. The largest absolute Gasteiger partial charge is 0.497 e. The minimum Gasteiger partial charge on any atom is -0.497 e. The molecule has 9 heteroatoms. The molecule has 0 aliphatic carbocycles. The van der Waals surface area contributed by atoms with Gasteiger partial charge in [-0.1, -0.05) is 36.1 Å². The van der Waals surface area contributed by atoms with Gasteiger partial charge in [0.05, 0.1) is 24.2 Å². The molecule has 0 saturated carbocycles. The summed E-state index contributed by atoms with van der Waals surface area (Å²) >= 11 is 8.01. The number of aliphatic hydroxyl groups excluding tert-OH is 1. The van der Waals surface area contributed by atoms with E-state index < -0.39 is 6.10 Å². The number of carbonyl (C=O) groups is 2. The van der Waals surface area contributed by atoms with E-state index in [4.69, 9.17) is 17.0 Å². The molecule has 2 heterocycles. The lowest BCUT2D eigenvalue weighted by Gasteiger charge is -2.18. The Labute approximate surface area is 165 Å². The Balaban J connectivity index is 1.64. The lowest BCUT2D eigenvalue weighted by molar-refractivity contribution is -0.129. The number of benzene rings is 1. The number of nitrogens with one attached hydrogen (secondary N) is 1. The first-order valence-electron chi connectivity index (χ1n) is 7.92. The van der Waals surface area contributed by atoms with E-state index in [9.17, 15) is 14.7 Å². The maximum Gasteiger partial charge on any atom is 0.266 e. The normalized spacial score (nSPS) is 24.4. The van der Waals surface area contributed by atoms with Crippen LogP contribution in [0.1, 0.15) is 5.56 Å². The van der Waals surface area contributed by atoms with E-state index in [1.54, 1.807) is 24.9 Å². The molecule has 26 heavy (non-hydrogen) atoms. The zero-order valence-electron chi connectivity index (χ0n) is 14.0. The van der Waals surface area contributed by atoms with Crippen LogP contribution in [0.25, 0.3) is 6.08 Å². The molecule has 2 N–H and O–H groups in total. The molecule has 2 amide bonds. The number of aliphatic hydroxyl groups is 1. The number of amides is 2. The zero-order chi connectivity index (χ0) is 18.7. The topological polar surface area (TPSA) is 78.9 Å². The standard InChI is InChI=1S/C17H18N2O4S3/c1-23-11-4-2-10(3-5-11)6-14-16(22)19(17(24)26-14)7-15(21)18-12-8-25-9-13(12)20/h2-6,12-13,20H,7-9H2,1H3,(H,18,21). The van der Waals surface area contributed by atoms with E-state index >= 15 is 0 Å². The SMILES string of the molecule is COc1ccc(C=C2SC(=S)N(CC(=O)NC3CSCC3O)C2=O)cc1. The molecule has 2 saturated heterocycles. The average molecular weight is 411 g/mol. The monoisotopic (exact) mass is 410 g/mol. The Morgan fingerprint density at radius 2 is 2.15 bits per heavy atom. The van der Waals surface area contributed by atoms with Gasteiger partial charge in [-0.3, -0.25) is 14.5 Å². The highest BCUT2D eigenvalue weighted by Crippen LogP contribution is 2.32. The van der Waals surface area contributed by atoms with Gasteiger partial charge in [-0.05, 0) is 23.8 Å². The van der Waals surface area contributed by atoms with Gasteiger partial charge >= 0.3 is 0 Å². The molecule has 2 aliphatic heterocycles. The fourth-order valence-electron chi connectivity index (χ4n) is 2.56. The van der Waals surface area contributed by atoms with Crippen LogP contribution in [-0.4, -0.2) is 63.4 Å². The average Bonchev–Trinajstić information content (AvgIpc) is 3.14. The van der Waals surface area contributed by atoms with Crippen LogP contribution in [0, 0.1) is 0 Å². The van der Waals surface area contributed by atoms with Gasteiger partial charge in [0.2, 0.25) is 5.91 Å². The molecular weight excluding hydrogens is 392 g/mol. The number of hydrogen-bond acceptors (Lipinski definition) is 7. The minimum atomic E-state index is -0.551. The van der Waals surface area contributed by atoms with Gasteiger partial charge in [0.15, 0.2) is 0 Å². The maximum atomic E-state index is 12.6. The highest BCUT2D eigenvalue weighted by molar-refractivity contribution is 8.26. The van der Waals surface area contributed by atoms with Crippen LogP contribution in [-0.2, 0) is 9.59 Å². The third kappa shape index (κ3) is 4.40. The van der Waals surface area contributed by atoms with E-state index in [1.807, 2.05) is 24.3 Å². The second-order valence-electron chi connectivity index (χ2n) is 5.82. The third-order valence-electron chi connectivity index (χ3n) is 3.99. The number of methoxy groups -OCH3 is 1. The number of nitrogens with zero attached hydrogens (tertiary/aromatic N) is 1. The van der Waals surface area contributed by atoms with Crippen molar-refractivity contribution in [3.05, 3.63) is 34.7 Å². The number of carbonyl (C=O) groups excluding carboxylic acids is 2. The smallest absolute Gasteiger partial charge is 0.266 e. The summed E-state index contributed by atoms with van der Waals surface area (Å²) in [5, 5.41) is 12.6. The summed E-state index contributed by atoms with van der Waals surface area (Å²) in [6.45, 7) is -0.140. The van der Waals surface area contributed by atoms with Gasteiger partial charge < -0.3 is 15.2 Å². The molecular formula is C17H18N2O4S3. The number of ether oxygens (including phenoxy) is 1. The van der Waals surface area contributed by atoms with Crippen LogP contribution in [0.4, 0.5) is 0 Å². The molecule has 2 atom stereocenters. The van der Waals surface area contributed by atoms with Crippen molar-refractivity contribution in [3.63, 3.8) is 0 Å². The Morgan fingerprint density at radius 3 is 2.77 bits per heavy atom. The lowest BCUT2D eigenvalue weighted by atomic mass is 10.2. The predicted molar refractivity (Wildman–Crippen MR) is 108 cm³/mol. The van der Waals surface area contributed by atoms with Crippen molar-refractivity contribution >= 4 is 58.0 Å². The molecule has 0 radical (unpaired) electrons. The molecule has 3 rings (SSSR count). The van der Waals surface area contributed by atoms with Crippen LogP contribution >= 0.6 is 35.7 Å². The van der Waals surface area contributed by atoms with E-state index in [0.29, 0.717) is 20.7 Å². The molecule has 1 aromatic rings. The third-order valence-corrected chi connectivity index (χ3v) is 6.54. The van der Waals surface area contributed by atoms with Gasteiger partial charge in [0, 0.05) is 11.5 Å². The number of hydrogen-bond donors (Lipinski definition) is 2. The van der Waals surface area contributed by atoms with Gasteiger partial charge in [0.1, 0.15) is 16.6 Å². The second-order valence-corrected chi connectivity index (χ2v) is 8.57. The van der Waals surface area contributed by atoms with E-state index in [-0.39, 0.29) is 24.4 Å². The summed E-state index contributed by atoms with van der Waals surface area (Å²) in [4.78, 5) is 26.5. The number of thioether (sulfide) groups is 2. The highest BCUT2D eigenvalue weighted by Gasteiger charge is 2.34. The van der Waals surface area contributed by atoms with E-state index in [0.717, 1.165) is 11.3 Å². The van der Waals surface area contributed by atoms with Crippen molar-refractivity contribution in [2.24, 2.45) is 0 Å². The summed E-state index contributed by atoms with van der Waals surface area (Å²) in [5.41, 5.74) is 0.849. The van der Waals surface area contributed by atoms with E-state index in [1.165, 1.54) is 16.7 Å². The van der Waals surface area contributed by atoms with Crippen molar-refractivity contribution in [1.82, 2.24) is 10.2 Å². The molecule has 138 valence electrons. The van der Waals surface area contributed by atoms with Crippen LogP contribution in [0.2, 0.25) is 0 Å². The molecule has 1 aromatic carbocycles. The van der Waals surface area contributed by atoms with Crippen molar-refractivity contribution < 1.29 is 19.4 Å². The molecule has 2 unspecified atom stereocenters. The molecule has 2 aliphatic rings. The Hall–Kier alpha value is -1.55. The minimum absolute atomic E-state index is 0.140. The van der Waals surface area contributed by atoms with E-state index in [2.05, 4.69) is 5.32 Å². The molecule has 0 bridgehead atoms. The van der Waals surface area contributed by atoms with Gasteiger partial charge in [-0.25, -0.2) is 0 Å². The predicted octanol–water partition coefficient (Wildman–Crippen LogP) is 1.49. The molecule has 0 spiro atoms. The summed E-state index contributed by atoms with van der Waals surface area (Å²) in [6, 6.07) is 7.03. The Bertz CT molecular complexity index is 751. The maximum absolute atomic E-state index is 12.6. The quantitative estimate of drug-likeness (QED) is 0.562. The molecule has 6 nitrogen and oxygen atoms in total. The van der Waals surface area contributed by atoms with Crippen molar-refractivity contribution in [3.8, 4) is 5.75 Å². The number of thiocarbonyl (C=S) groups is 1. The summed E-state index contributed by atoms with van der Waals surface area (Å²) in [7, 11) is 1.59. The second kappa shape index (κ2) is 8.43. The number of rotatable bonds is 5. The zero-order valence-corrected chi connectivity index (χ0v) is 16.5. The first kappa shape index (κ1) is 19.2. The van der Waals surface area contributed by atoms with Crippen molar-refractivity contribution in [1.29, 1.82) is 0 Å². The summed E-state index contributed by atoms with van der Waals surface area (Å²) in [6.07, 6.45) is 1.19. The van der Waals surface area contributed by atoms with Gasteiger partial charge in [-0.15, -0.1) is 0 Å². The molecule has 0 aromatic heterocycles.